The Morgan fingerprint density at radius 1 is 0.844 bits per heavy atom. The lowest BCUT2D eigenvalue weighted by Crippen LogP contribution is -2.51. The van der Waals surface area contributed by atoms with Crippen LogP contribution in [0.3, 0.4) is 0 Å². The molecular weight excluding hydrogens is 582 g/mol. The zero-order chi connectivity index (χ0) is 31.2. The van der Waals surface area contributed by atoms with Crippen molar-refractivity contribution >= 4 is 21.6 Å². The van der Waals surface area contributed by atoms with E-state index in [1.54, 1.807) is 24.3 Å². The molecule has 4 aliphatic carbocycles. The van der Waals surface area contributed by atoms with Crippen LogP contribution in [0, 0.1) is 23.2 Å². The fraction of sp³-hybridized carbons (Fsp3) is 0.486. The Morgan fingerprint density at radius 2 is 1.49 bits per heavy atom. The molecule has 4 saturated carbocycles. The number of hydrogen-bond donors (Lipinski definition) is 2. The van der Waals surface area contributed by atoms with Crippen LogP contribution in [-0.4, -0.2) is 56.3 Å². The second kappa shape index (κ2) is 12.1. The van der Waals surface area contributed by atoms with Crippen molar-refractivity contribution in [2.75, 3.05) is 36.8 Å². The van der Waals surface area contributed by atoms with Crippen LogP contribution in [0.15, 0.2) is 66.7 Å². The van der Waals surface area contributed by atoms with Gasteiger partial charge in [0.1, 0.15) is 5.75 Å². The number of nitrogens with one attached hydrogen (secondary N) is 1. The maximum atomic E-state index is 13.2. The van der Waals surface area contributed by atoms with Gasteiger partial charge in [0.25, 0.3) is 5.91 Å². The maximum absolute atomic E-state index is 13.2. The van der Waals surface area contributed by atoms with Crippen molar-refractivity contribution in [1.82, 2.24) is 9.62 Å². The highest BCUT2D eigenvalue weighted by atomic mass is 32.2. The van der Waals surface area contributed by atoms with E-state index < -0.39 is 15.9 Å². The number of sulfonamides is 1. The third kappa shape index (κ3) is 6.63. The van der Waals surface area contributed by atoms with E-state index in [2.05, 4.69) is 39.6 Å². The van der Waals surface area contributed by atoms with E-state index in [-0.39, 0.29) is 16.9 Å². The number of piperazine rings is 1. The van der Waals surface area contributed by atoms with Crippen LogP contribution in [0.2, 0.25) is 0 Å². The predicted molar refractivity (Wildman–Crippen MR) is 179 cm³/mol. The van der Waals surface area contributed by atoms with E-state index in [1.165, 1.54) is 30.4 Å². The molecule has 8 heteroatoms. The second-order valence-corrected chi connectivity index (χ2v) is 16.0. The van der Waals surface area contributed by atoms with Gasteiger partial charge < -0.3 is 10.0 Å². The molecule has 1 saturated heterocycles. The van der Waals surface area contributed by atoms with E-state index in [9.17, 15) is 18.3 Å². The van der Waals surface area contributed by atoms with Crippen molar-refractivity contribution in [1.29, 1.82) is 0 Å². The number of carbonyl (C=O) groups excluding carboxylic acids is 1. The normalized spacial score (nSPS) is 26.2. The number of aryl methyl sites for hydroxylation is 1. The van der Waals surface area contributed by atoms with Gasteiger partial charge in [-0.2, -0.15) is 0 Å². The number of anilines is 1. The highest BCUT2D eigenvalue weighted by Gasteiger charge is 2.52. The molecule has 5 fully saturated rings. The van der Waals surface area contributed by atoms with Crippen molar-refractivity contribution in [3.63, 3.8) is 0 Å². The molecule has 1 amide bonds. The van der Waals surface area contributed by atoms with Gasteiger partial charge in [-0.05, 0) is 127 Å². The molecule has 2 N–H and O–H groups in total. The van der Waals surface area contributed by atoms with Crippen molar-refractivity contribution < 1.29 is 18.3 Å². The Morgan fingerprint density at radius 3 is 2.11 bits per heavy atom. The standard InChI is InChI=1S/C37H45N3O4S/c1-2-29-19-32(31-4-3-5-35(41)20-31)6-7-33(29)24-39-12-14-40(15-13-39)34-10-8-30(9-11-34)36(42)38-45(43,44)25-37-21-26-16-27(22-37)18-28(17-26)23-37/h3-11,19-20,26-28,41H,2,12-18,21-25H2,1H3,(H,38,42). The minimum absolute atomic E-state index is 0.0824. The van der Waals surface area contributed by atoms with Gasteiger partial charge >= 0.3 is 0 Å². The number of rotatable bonds is 9. The molecule has 0 aromatic heterocycles. The number of phenolic OH excluding ortho intramolecular Hbond substituents is 1. The van der Waals surface area contributed by atoms with E-state index >= 15 is 0 Å². The Kier molecular flexibility index (Phi) is 8.15. The highest BCUT2D eigenvalue weighted by molar-refractivity contribution is 7.90. The van der Waals surface area contributed by atoms with Crippen LogP contribution in [0.1, 0.15) is 66.9 Å². The van der Waals surface area contributed by atoms with E-state index in [0.717, 1.165) is 75.2 Å². The molecule has 0 atom stereocenters. The van der Waals surface area contributed by atoms with Gasteiger partial charge in [-0.1, -0.05) is 37.3 Å². The summed E-state index contributed by atoms with van der Waals surface area (Å²) in [6.07, 6.45) is 7.76. The van der Waals surface area contributed by atoms with E-state index in [1.807, 2.05) is 24.3 Å². The molecule has 4 bridgehead atoms. The number of nitrogens with zero attached hydrogens (tertiary/aromatic N) is 2. The van der Waals surface area contributed by atoms with Gasteiger partial charge in [-0.15, -0.1) is 0 Å². The van der Waals surface area contributed by atoms with Crippen LogP contribution in [0.4, 0.5) is 5.69 Å². The van der Waals surface area contributed by atoms with Crippen molar-refractivity contribution in [3.8, 4) is 16.9 Å². The molecule has 5 aliphatic rings. The third-order valence-electron chi connectivity index (χ3n) is 10.9. The van der Waals surface area contributed by atoms with Gasteiger partial charge in [-0.25, -0.2) is 13.1 Å². The fourth-order valence-corrected chi connectivity index (χ4v) is 10.9. The number of aromatic hydroxyl groups is 1. The van der Waals surface area contributed by atoms with E-state index in [4.69, 9.17) is 0 Å². The van der Waals surface area contributed by atoms with Crippen LogP contribution < -0.4 is 9.62 Å². The molecule has 0 radical (unpaired) electrons. The predicted octanol–water partition coefficient (Wildman–Crippen LogP) is 6.22. The first-order valence-corrected chi connectivity index (χ1v) is 18.3. The molecule has 3 aromatic rings. The smallest absolute Gasteiger partial charge is 0.264 e. The summed E-state index contributed by atoms with van der Waals surface area (Å²) < 4.78 is 28.7. The van der Waals surface area contributed by atoms with E-state index in [0.29, 0.717) is 23.3 Å². The van der Waals surface area contributed by atoms with Gasteiger partial charge in [0, 0.05) is 44.0 Å². The Bertz CT molecular complexity index is 1630. The van der Waals surface area contributed by atoms with Gasteiger partial charge in [0.2, 0.25) is 10.0 Å². The number of benzene rings is 3. The largest absolute Gasteiger partial charge is 0.508 e. The zero-order valence-electron chi connectivity index (χ0n) is 26.2. The topological polar surface area (TPSA) is 89.9 Å². The number of hydrogen-bond acceptors (Lipinski definition) is 6. The highest BCUT2D eigenvalue weighted by Crippen LogP contribution is 2.60. The van der Waals surface area contributed by atoms with Crippen molar-refractivity contribution in [2.24, 2.45) is 23.2 Å². The number of amides is 1. The SMILES string of the molecule is CCc1cc(-c2cccc(O)c2)ccc1CN1CCN(c2ccc(C(=O)NS(=O)(=O)CC34CC5CC(CC(C5)C3)C4)cc2)CC1. The molecule has 7 nitrogen and oxygen atoms in total. The number of carbonyl (C=O) groups is 1. The summed E-state index contributed by atoms with van der Waals surface area (Å²) in [5, 5.41) is 9.89. The summed E-state index contributed by atoms with van der Waals surface area (Å²) in [4.78, 5) is 17.8. The molecule has 0 spiro atoms. The lowest BCUT2D eigenvalue weighted by molar-refractivity contribution is -0.0391. The Hall–Kier alpha value is -3.36. The summed E-state index contributed by atoms with van der Waals surface area (Å²) >= 11 is 0. The zero-order valence-corrected chi connectivity index (χ0v) is 27.1. The third-order valence-corrected chi connectivity index (χ3v) is 12.4. The molecular formula is C37H45N3O4S. The van der Waals surface area contributed by atoms with Crippen LogP contribution in [-0.2, 0) is 23.0 Å². The summed E-state index contributed by atoms with van der Waals surface area (Å²) in [5.74, 6) is 1.86. The summed E-state index contributed by atoms with van der Waals surface area (Å²) in [6.45, 7) is 6.71. The molecule has 3 aromatic carbocycles. The van der Waals surface area contributed by atoms with Crippen LogP contribution in [0.25, 0.3) is 11.1 Å². The van der Waals surface area contributed by atoms with Gasteiger partial charge in [-0.3, -0.25) is 9.69 Å². The molecule has 45 heavy (non-hydrogen) atoms. The minimum Gasteiger partial charge on any atom is -0.508 e. The maximum Gasteiger partial charge on any atom is 0.264 e. The average Bonchev–Trinajstić information content (AvgIpc) is 3.00. The quantitative estimate of drug-likeness (QED) is 0.293. The lowest BCUT2D eigenvalue weighted by Gasteiger charge is -2.56. The molecule has 1 aliphatic heterocycles. The first kappa shape index (κ1) is 30.3. The summed E-state index contributed by atoms with van der Waals surface area (Å²) in [5.41, 5.74) is 6.10. The van der Waals surface area contributed by atoms with Crippen molar-refractivity contribution in [3.05, 3.63) is 83.4 Å². The Labute approximate surface area is 267 Å². The fourth-order valence-electron chi connectivity index (χ4n) is 9.31. The number of phenols is 1. The molecule has 1 heterocycles. The summed E-state index contributed by atoms with van der Waals surface area (Å²) in [6, 6.07) is 21.4. The first-order valence-electron chi connectivity index (χ1n) is 16.7. The average molecular weight is 628 g/mol. The van der Waals surface area contributed by atoms with Crippen molar-refractivity contribution in [2.45, 2.75) is 58.4 Å². The lowest BCUT2D eigenvalue weighted by atomic mass is 9.50. The minimum atomic E-state index is -3.70. The molecule has 8 rings (SSSR count). The monoisotopic (exact) mass is 627 g/mol. The van der Waals surface area contributed by atoms with Crippen LogP contribution in [0.5, 0.6) is 5.75 Å². The second-order valence-electron chi connectivity index (χ2n) is 14.3. The van der Waals surface area contributed by atoms with Gasteiger partial charge in [0.15, 0.2) is 0 Å². The summed E-state index contributed by atoms with van der Waals surface area (Å²) in [7, 11) is -3.70. The molecule has 238 valence electrons. The van der Waals surface area contributed by atoms with Crippen LogP contribution >= 0.6 is 0 Å². The Balaban J connectivity index is 0.925. The van der Waals surface area contributed by atoms with Gasteiger partial charge in [0.05, 0.1) is 5.75 Å². The first-order chi connectivity index (χ1) is 21.7. The molecule has 0 unspecified atom stereocenters.